The second-order valence-corrected chi connectivity index (χ2v) is 5.43. The van der Waals surface area contributed by atoms with Crippen LogP contribution in [0.3, 0.4) is 0 Å². The van der Waals surface area contributed by atoms with Gasteiger partial charge in [-0.25, -0.2) is 0 Å². The Labute approximate surface area is 137 Å². The molecule has 4 nitrogen and oxygen atoms in total. The zero-order chi connectivity index (χ0) is 17.7. The fourth-order valence-electron chi connectivity index (χ4n) is 2.66. The highest BCUT2D eigenvalue weighted by molar-refractivity contribution is 5.69. The minimum Gasteiger partial charge on any atom is -0.464 e. The zero-order valence-electron chi connectivity index (χ0n) is 13.1. The SMILES string of the molecule is Cc1c(CC(CCO)OC=O)c[nH]c1-c1ccccc1C(F)(F)F. The van der Waals surface area contributed by atoms with Crippen molar-refractivity contribution in [1.82, 2.24) is 4.98 Å². The number of halogens is 3. The first-order valence-electron chi connectivity index (χ1n) is 7.42. The number of rotatable bonds is 7. The molecule has 1 unspecified atom stereocenters. The number of aromatic amines is 1. The van der Waals surface area contributed by atoms with E-state index in [1.165, 1.54) is 12.1 Å². The maximum absolute atomic E-state index is 13.2. The average molecular weight is 341 g/mol. The highest BCUT2D eigenvalue weighted by Gasteiger charge is 2.34. The fourth-order valence-corrected chi connectivity index (χ4v) is 2.66. The van der Waals surface area contributed by atoms with Crippen LogP contribution in [0.25, 0.3) is 11.3 Å². The van der Waals surface area contributed by atoms with E-state index >= 15 is 0 Å². The summed E-state index contributed by atoms with van der Waals surface area (Å²) in [6, 6.07) is 5.35. The van der Waals surface area contributed by atoms with Crippen molar-refractivity contribution in [2.24, 2.45) is 0 Å². The van der Waals surface area contributed by atoms with Gasteiger partial charge in [-0.15, -0.1) is 0 Å². The van der Waals surface area contributed by atoms with Crippen LogP contribution in [-0.4, -0.2) is 29.3 Å². The van der Waals surface area contributed by atoms with E-state index in [0.717, 1.165) is 11.6 Å². The van der Waals surface area contributed by atoms with Crippen molar-refractivity contribution in [3.63, 3.8) is 0 Å². The fraction of sp³-hybridized carbons (Fsp3) is 0.353. The highest BCUT2D eigenvalue weighted by atomic mass is 19.4. The van der Waals surface area contributed by atoms with Crippen LogP contribution in [0.5, 0.6) is 0 Å². The molecular formula is C17H18F3NO3. The first-order chi connectivity index (χ1) is 11.4. The van der Waals surface area contributed by atoms with Gasteiger partial charge in [0.1, 0.15) is 6.10 Å². The van der Waals surface area contributed by atoms with Crippen molar-refractivity contribution >= 4 is 6.47 Å². The molecule has 0 bridgehead atoms. The molecule has 2 rings (SSSR count). The van der Waals surface area contributed by atoms with Gasteiger partial charge in [0.15, 0.2) is 0 Å². The number of carbonyl (C=O) groups is 1. The third kappa shape index (κ3) is 3.97. The van der Waals surface area contributed by atoms with Gasteiger partial charge in [0.25, 0.3) is 6.47 Å². The molecule has 0 amide bonds. The van der Waals surface area contributed by atoms with Crippen LogP contribution in [-0.2, 0) is 22.1 Å². The van der Waals surface area contributed by atoms with E-state index in [-0.39, 0.29) is 18.6 Å². The molecule has 7 heteroatoms. The van der Waals surface area contributed by atoms with Crippen LogP contribution < -0.4 is 0 Å². The molecule has 0 saturated carbocycles. The topological polar surface area (TPSA) is 62.3 Å². The lowest BCUT2D eigenvalue weighted by atomic mass is 9.98. The number of carbonyl (C=O) groups excluding carboxylic acids is 1. The average Bonchev–Trinajstić information content (AvgIpc) is 2.88. The van der Waals surface area contributed by atoms with Gasteiger partial charge in [-0.1, -0.05) is 18.2 Å². The highest BCUT2D eigenvalue weighted by Crippen LogP contribution is 2.38. The number of ether oxygens (including phenoxy) is 1. The van der Waals surface area contributed by atoms with Gasteiger partial charge in [0.2, 0.25) is 0 Å². The molecule has 1 aromatic heterocycles. The second-order valence-electron chi connectivity index (χ2n) is 5.43. The summed E-state index contributed by atoms with van der Waals surface area (Å²) in [7, 11) is 0. The maximum atomic E-state index is 13.2. The van der Waals surface area contributed by atoms with Crippen molar-refractivity contribution in [3.8, 4) is 11.3 Å². The predicted octanol–water partition coefficient (Wildman–Crippen LogP) is 3.48. The molecule has 0 saturated heterocycles. The molecule has 0 spiro atoms. The molecule has 0 aliphatic heterocycles. The van der Waals surface area contributed by atoms with Gasteiger partial charge in [-0.2, -0.15) is 13.2 Å². The summed E-state index contributed by atoms with van der Waals surface area (Å²) in [5, 5.41) is 8.99. The number of nitrogens with one attached hydrogen (secondary N) is 1. The Morgan fingerprint density at radius 3 is 2.67 bits per heavy atom. The van der Waals surface area contributed by atoms with Crippen LogP contribution in [0.15, 0.2) is 30.5 Å². The van der Waals surface area contributed by atoms with Crippen LogP contribution in [0.2, 0.25) is 0 Å². The van der Waals surface area contributed by atoms with E-state index < -0.39 is 17.8 Å². The first kappa shape index (κ1) is 18.1. The van der Waals surface area contributed by atoms with Gasteiger partial charge >= 0.3 is 6.18 Å². The number of hydrogen-bond acceptors (Lipinski definition) is 3. The summed E-state index contributed by atoms with van der Waals surface area (Å²) in [4.78, 5) is 13.4. The van der Waals surface area contributed by atoms with Crippen molar-refractivity contribution in [1.29, 1.82) is 0 Å². The number of alkyl halides is 3. The summed E-state index contributed by atoms with van der Waals surface area (Å²) in [6.07, 6.45) is -2.79. The summed E-state index contributed by atoms with van der Waals surface area (Å²) in [5.41, 5.74) is 1.14. The van der Waals surface area contributed by atoms with E-state index in [0.29, 0.717) is 24.2 Å². The predicted molar refractivity (Wildman–Crippen MR) is 82.3 cm³/mol. The Morgan fingerprint density at radius 1 is 1.33 bits per heavy atom. The smallest absolute Gasteiger partial charge is 0.417 e. The van der Waals surface area contributed by atoms with Crippen molar-refractivity contribution in [2.45, 2.75) is 32.0 Å². The quantitative estimate of drug-likeness (QED) is 0.758. The maximum Gasteiger partial charge on any atom is 0.417 e. The zero-order valence-corrected chi connectivity index (χ0v) is 13.1. The first-order valence-corrected chi connectivity index (χ1v) is 7.42. The molecule has 0 aliphatic rings. The number of aromatic nitrogens is 1. The minimum atomic E-state index is -4.45. The van der Waals surface area contributed by atoms with E-state index in [9.17, 15) is 18.0 Å². The third-order valence-electron chi connectivity index (χ3n) is 3.90. The van der Waals surface area contributed by atoms with Crippen LogP contribution in [0, 0.1) is 6.92 Å². The van der Waals surface area contributed by atoms with E-state index in [1.807, 2.05) is 0 Å². The van der Waals surface area contributed by atoms with Crippen LogP contribution >= 0.6 is 0 Å². The largest absolute Gasteiger partial charge is 0.464 e. The lowest BCUT2D eigenvalue weighted by Gasteiger charge is -2.14. The normalized spacial score (nSPS) is 12.9. The van der Waals surface area contributed by atoms with E-state index in [4.69, 9.17) is 9.84 Å². The standard InChI is InChI=1S/C17H18F3NO3/c1-11-12(8-13(6-7-22)24-10-23)9-21-16(11)14-4-2-3-5-15(14)17(18,19)20/h2-5,9-10,13,21-22H,6-8H2,1H3. The van der Waals surface area contributed by atoms with Crippen LogP contribution in [0.4, 0.5) is 13.2 Å². The molecule has 2 N–H and O–H groups in total. The molecule has 2 aromatic rings. The molecule has 0 radical (unpaired) electrons. The monoisotopic (exact) mass is 341 g/mol. The van der Waals surface area contributed by atoms with Gasteiger partial charge < -0.3 is 14.8 Å². The number of benzene rings is 1. The molecule has 0 fully saturated rings. The van der Waals surface area contributed by atoms with Crippen molar-refractivity contribution in [3.05, 3.63) is 47.2 Å². The molecular weight excluding hydrogens is 323 g/mol. The Morgan fingerprint density at radius 2 is 2.04 bits per heavy atom. The van der Waals surface area contributed by atoms with Gasteiger partial charge in [0, 0.05) is 36.9 Å². The Hall–Kier alpha value is -2.28. The number of hydrogen-bond donors (Lipinski definition) is 2. The molecule has 130 valence electrons. The summed E-state index contributed by atoms with van der Waals surface area (Å²) in [6.45, 7) is 1.87. The van der Waals surface area contributed by atoms with Gasteiger partial charge in [0.05, 0.1) is 5.56 Å². The molecule has 0 aliphatic carbocycles. The van der Waals surface area contributed by atoms with Gasteiger partial charge in [-0.05, 0) is 24.1 Å². The minimum absolute atomic E-state index is 0.0729. The van der Waals surface area contributed by atoms with Gasteiger partial charge in [-0.3, -0.25) is 4.79 Å². The number of H-pyrrole nitrogens is 1. The lowest BCUT2D eigenvalue weighted by Crippen LogP contribution is -2.17. The molecule has 24 heavy (non-hydrogen) atoms. The Kier molecular flexibility index (Phi) is 5.66. The molecule has 1 aromatic carbocycles. The van der Waals surface area contributed by atoms with Crippen LogP contribution in [0.1, 0.15) is 23.1 Å². The molecule has 1 heterocycles. The summed E-state index contributed by atoms with van der Waals surface area (Å²) >= 11 is 0. The summed E-state index contributed by atoms with van der Waals surface area (Å²) < 4.78 is 44.4. The number of aliphatic hydroxyl groups is 1. The molecule has 1 atom stereocenters. The number of aliphatic hydroxyl groups excluding tert-OH is 1. The third-order valence-corrected chi connectivity index (χ3v) is 3.90. The Bertz CT molecular complexity index is 695. The van der Waals surface area contributed by atoms with Crippen molar-refractivity contribution in [2.75, 3.05) is 6.61 Å². The van der Waals surface area contributed by atoms with Crippen molar-refractivity contribution < 1.29 is 27.8 Å². The lowest BCUT2D eigenvalue weighted by molar-refractivity contribution is -0.137. The Balaban J connectivity index is 2.36. The summed E-state index contributed by atoms with van der Waals surface area (Å²) in [5.74, 6) is 0. The van der Waals surface area contributed by atoms with E-state index in [1.54, 1.807) is 19.2 Å². The van der Waals surface area contributed by atoms with E-state index in [2.05, 4.69) is 4.98 Å². The second kappa shape index (κ2) is 7.53.